The smallest absolute Gasteiger partial charge is 0.309 e. The Bertz CT molecular complexity index is 538. The first-order valence-corrected chi connectivity index (χ1v) is 7.49. The van der Waals surface area contributed by atoms with Gasteiger partial charge in [-0.3, -0.25) is 9.59 Å². The van der Waals surface area contributed by atoms with E-state index in [0.717, 1.165) is 12.2 Å². The molecule has 0 bridgehead atoms. The predicted molar refractivity (Wildman–Crippen MR) is 78.3 cm³/mol. The fourth-order valence-corrected chi connectivity index (χ4v) is 3.20. The normalized spacial score (nSPS) is 17.8. The lowest BCUT2D eigenvalue weighted by atomic mass is 9.75. The van der Waals surface area contributed by atoms with Crippen molar-refractivity contribution >= 4 is 11.9 Å². The number of aryl methyl sites for hydroxylation is 2. The first kappa shape index (κ1) is 15.6. The van der Waals surface area contributed by atoms with Gasteiger partial charge in [0.05, 0.1) is 11.0 Å². The number of hydrogen-bond donors (Lipinski definition) is 1. The highest BCUT2D eigenvalue weighted by Gasteiger charge is 2.41. The largest absolute Gasteiger partial charge is 0.481 e. The summed E-state index contributed by atoms with van der Waals surface area (Å²) in [6.45, 7) is 6.59. The van der Waals surface area contributed by atoms with Crippen molar-refractivity contribution in [3.8, 4) is 0 Å². The molecule has 2 rings (SSSR count). The van der Waals surface area contributed by atoms with Crippen LogP contribution >= 0.6 is 0 Å². The first-order chi connectivity index (χ1) is 9.89. The lowest BCUT2D eigenvalue weighted by Gasteiger charge is -2.38. The van der Waals surface area contributed by atoms with Gasteiger partial charge in [-0.05, 0) is 39.2 Å². The van der Waals surface area contributed by atoms with Crippen molar-refractivity contribution in [3.63, 3.8) is 0 Å². The van der Waals surface area contributed by atoms with E-state index in [2.05, 4.69) is 0 Å². The summed E-state index contributed by atoms with van der Waals surface area (Å²) in [5.41, 5.74) is -0.0711. The average molecular weight is 293 g/mol. The molecule has 5 heteroatoms. The highest BCUT2D eigenvalue weighted by Crippen LogP contribution is 2.37. The number of aliphatic carboxylic acids is 1. The molecule has 0 saturated carbocycles. The van der Waals surface area contributed by atoms with Crippen LogP contribution in [0.3, 0.4) is 0 Å². The van der Waals surface area contributed by atoms with Crippen molar-refractivity contribution in [2.75, 3.05) is 13.1 Å². The van der Waals surface area contributed by atoms with Gasteiger partial charge in [0.15, 0.2) is 0 Å². The van der Waals surface area contributed by atoms with E-state index in [9.17, 15) is 14.7 Å². The molecule has 0 aliphatic carbocycles. The van der Waals surface area contributed by atoms with Crippen molar-refractivity contribution < 1.29 is 19.1 Å². The van der Waals surface area contributed by atoms with Gasteiger partial charge in [-0.25, -0.2) is 0 Å². The molecule has 0 aromatic carbocycles. The summed E-state index contributed by atoms with van der Waals surface area (Å²) in [4.78, 5) is 25.8. The Balaban J connectivity index is 2.08. The topological polar surface area (TPSA) is 70.8 Å². The number of carbonyl (C=O) groups excluding carboxylic acids is 1. The van der Waals surface area contributed by atoms with Crippen molar-refractivity contribution in [2.24, 2.45) is 5.41 Å². The van der Waals surface area contributed by atoms with Gasteiger partial charge >= 0.3 is 5.97 Å². The van der Waals surface area contributed by atoms with Crippen LogP contribution in [0, 0.1) is 19.3 Å². The Labute approximate surface area is 124 Å². The van der Waals surface area contributed by atoms with Gasteiger partial charge < -0.3 is 14.4 Å². The monoisotopic (exact) mass is 293 g/mol. The van der Waals surface area contributed by atoms with Crippen molar-refractivity contribution in [3.05, 3.63) is 23.2 Å². The minimum absolute atomic E-state index is 0.0557. The summed E-state index contributed by atoms with van der Waals surface area (Å²) in [7, 11) is 0. The number of likely N-dealkylation sites (tertiary alicyclic amines) is 1. The molecule has 1 aliphatic rings. The van der Waals surface area contributed by atoms with Gasteiger partial charge in [0.1, 0.15) is 11.5 Å². The maximum absolute atomic E-state index is 12.5. The number of carboxylic acid groups (broad SMARTS) is 1. The molecule has 1 fully saturated rings. The molecule has 21 heavy (non-hydrogen) atoms. The number of piperidine rings is 1. The third-order valence-corrected chi connectivity index (χ3v) is 4.46. The fourth-order valence-electron chi connectivity index (χ4n) is 3.20. The highest BCUT2D eigenvalue weighted by atomic mass is 16.4. The molecule has 1 aliphatic heterocycles. The van der Waals surface area contributed by atoms with Crippen LogP contribution in [0.5, 0.6) is 0 Å². The SMILES string of the molecule is CCCC1(C(=O)O)CCN(C(=O)c2cc(C)oc2C)CC1. The molecule has 1 saturated heterocycles. The maximum Gasteiger partial charge on any atom is 0.309 e. The van der Waals surface area contributed by atoms with E-state index < -0.39 is 11.4 Å². The Morgan fingerprint density at radius 2 is 1.95 bits per heavy atom. The lowest BCUT2D eigenvalue weighted by molar-refractivity contribution is -0.152. The summed E-state index contributed by atoms with van der Waals surface area (Å²) >= 11 is 0. The zero-order valence-corrected chi connectivity index (χ0v) is 12.9. The van der Waals surface area contributed by atoms with Crippen molar-refractivity contribution in [1.82, 2.24) is 4.90 Å². The summed E-state index contributed by atoms with van der Waals surface area (Å²) in [6.07, 6.45) is 2.57. The number of rotatable bonds is 4. The van der Waals surface area contributed by atoms with Crippen LogP contribution in [0.1, 0.15) is 54.5 Å². The summed E-state index contributed by atoms with van der Waals surface area (Å²) in [6, 6.07) is 1.75. The molecule has 0 atom stereocenters. The van der Waals surface area contributed by atoms with Crippen LogP contribution in [0.15, 0.2) is 10.5 Å². The molecule has 1 aromatic heterocycles. The second-order valence-electron chi connectivity index (χ2n) is 5.95. The van der Waals surface area contributed by atoms with Crippen molar-refractivity contribution in [2.45, 2.75) is 46.5 Å². The summed E-state index contributed by atoms with van der Waals surface area (Å²) in [5, 5.41) is 9.49. The van der Waals surface area contributed by atoms with E-state index in [0.29, 0.717) is 43.7 Å². The van der Waals surface area contributed by atoms with Crippen LogP contribution in [0.4, 0.5) is 0 Å². The van der Waals surface area contributed by atoms with Gasteiger partial charge in [0, 0.05) is 13.1 Å². The minimum Gasteiger partial charge on any atom is -0.481 e. The molecular weight excluding hydrogens is 270 g/mol. The molecule has 0 radical (unpaired) electrons. The third-order valence-electron chi connectivity index (χ3n) is 4.46. The van der Waals surface area contributed by atoms with Crippen LogP contribution < -0.4 is 0 Å². The molecular formula is C16H23NO4. The Morgan fingerprint density at radius 3 is 2.38 bits per heavy atom. The fraction of sp³-hybridized carbons (Fsp3) is 0.625. The van der Waals surface area contributed by atoms with E-state index in [-0.39, 0.29) is 5.91 Å². The van der Waals surface area contributed by atoms with Gasteiger partial charge in [-0.1, -0.05) is 13.3 Å². The number of carboxylic acids is 1. The van der Waals surface area contributed by atoms with Crippen LogP contribution in [0.25, 0.3) is 0 Å². The molecule has 1 aromatic rings. The predicted octanol–water partition coefficient (Wildman–Crippen LogP) is 3.00. The van der Waals surface area contributed by atoms with E-state index in [1.807, 2.05) is 13.8 Å². The zero-order valence-electron chi connectivity index (χ0n) is 12.9. The molecule has 0 unspecified atom stereocenters. The van der Waals surface area contributed by atoms with Gasteiger partial charge in [0.2, 0.25) is 0 Å². The second kappa shape index (κ2) is 5.92. The second-order valence-corrected chi connectivity index (χ2v) is 5.95. The average Bonchev–Trinajstić information content (AvgIpc) is 2.78. The number of hydrogen-bond acceptors (Lipinski definition) is 3. The number of furan rings is 1. The van der Waals surface area contributed by atoms with E-state index in [4.69, 9.17) is 4.42 Å². The highest BCUT2D eigenvalue weighted by molar-refractivity contribution is 5.95. The number of amides is 1. The molecule has 0 spiro atoms. The van der Waals surface area contributed by atoms with Crippen LogP contribution in [0.2, 0.25) is 0 Å². The quantitative estimate of drug-likeness (QED) is 0.926. The van der Waals surface area contributed by atoms with Crippen LogP contribution in [-0.2, 0) is 4.79 Å². The van der Waals surface area contributed by atoms with Gasteiger partial charge in [-0.2, -0.15) is 0 Å². The van der Waals surface area contributed by atoms with Gasteiger partial charge in [0.25, 0.3) is 5.91 Å². The Morgan fingerprint density at radius 1 is 1.33 bits per heavy atom. The number of nitrogens with zero attached hydrogens (tertiary/aromatic N) is 1. The lowest BCUT2D eigenvalue weighted by Crippen LogP contribution is -2.46. The van der Waals surface area contributed by atoms with Crippen molar-refractivity contribution in [1.29, 1.82) is 0 Å². The maximum atomic E-state index is 12.5. The minimum atomic E-state index is -0.730. The Hall–Kier alpha value is -1.78. The molecule has 2 heterocycles. The number of carbonyl (C=O) groups is 2. The van der Waals surface area contributed by atoms with E-state index in [1.165, 1.54) is 0 Å². The summed E-state index contributed by atoms with van der Waals surface area (Å²) in [5.74, 6) is 0.562. The van der Waals surface area contributed by atoms with E-state index in [1.54, 1.807) is 17.9 Å². The molecule has 1 amide bonds. The first-order valence-electron chi connectivity index (χ1n) is 7.49. The zero-order chi connectivity index (χ0) is 15.6. The molecule has 1 N–H and O–H groups in total. The van der Waals surface area contributed by atoms with Crippen LogP contribution in [-0.4, -0.2) is 35.0 Å². The standard InChI is InChI=1S/C16H23NO4/c1-4-5-16(15(19)20)6-8-17(9-7-16)14(18)13-10-11(2)21-12(13)3/h10H,4-9H2,1-3H3,(H,19,20). The van der Waals surface area contributed by atoms with Gasteiger partial charge in [-0.15, -0.1) is 0 Å². The Kier molecular flexibility index (Phi) is 4.40. The molecule has 5 nitrogen and oxygen atoms in total. The molecule has 116 valence electrons. The third kappa shape index (κ3) is 2.96. The summed E-state index contributed by atoms with van der Waals surface area (Å²) < 4.78 is 5.40. The van der Waals surface area contributed by atoms with E-state index >= 15 is 0 Å².